The van der Waals surface area contributed by atoms with E-state index in [1.165, 1.54) is 24.3 Å². The predicted molar refractivity (Wildman–Crippen MR) is 177 cm³/mol. The lowest BCUT2D eigenvalue weighted by Gasteiger charge is -2.25. The van der Waals surface area contributed by atoms with Crippen LogP contribution in [0.25, 0.3) is 22.0 Å². The van der Waals surface area contributed by atoms with Crippen molar-refractivity contribution in [3.63, 3.8) is 0 Å². The van der Waals surface area contributed by atoms with E-state index in [0.717, 1.165) is 24.3 Å². The molecule has 1 aromatic heterocycles. The number of aromatic nitrogens is 1. The molecule has 0 unspecified atom stereocenters. The summed E-state index contributed by atoms with van der Waals surface area (Å²) in [6, 6.07) is 10.8. The molecular weight excluding hydrogens is 759 g/mol. The Morgan fingerprint density at radius 3 is 1.84 bits per heavy atom. The summed E-state index contributed by atoms with van der Waals surface area (Å²) in [4.78, 5) is 39.9. The van der Waals surface area contributed by atoms with E-state index >= 15 is 0 Å². The highest BCUT2D eigenvalue weighted by Gasteiger charge is 2.36. The molecule has 4 aromatic carbocycles. The van der Waals surface area contributed by atoms with Gasteiger partial charge in [0, 0.05) is 22.1 Å². The van der Waals surface area contributed by atoms with Gasteiger partial charge in [-0.1, -0.05) is 36.4 Å². The van der Waals surface area contributed by atoms with E-state index in [1.807, 2.05) is 0 Å². The lowest BCUT2D eigenvalue weighted by Crippen LogP contribution is -2.25. The van der Waals surface area contributed by atoms with Gasteiger partial charge in [-0.15, -0.1) is 0 Å². The minimum atomic E-state index is -5.38. The Morgan fingerprint density at radius 1 is 0.647 bits per heavy atom. The number of nitrogens with one attached hydrogen (secondary N) is 2. The molecule has 0 radical (unpaired) electrons. The molecule has 8 N–H and O–H groups in total. The van der Waals surface area contributed by atoms with Crippen molar-refractivity contribution in [2.45, 2.75) is 19.6 Å². The number of ketones is 2. The molecule has 6 rings (SSSR count). The Morgan fingerprint density at radius 2 is 1.25 bits per heavy atom. The number of hydrogen-bond donors (Lipinski definition) is 7. The van der Waals surface area contributed by atoms with Crippen LogP contribution in [0.4, 0.5) is 17.1 Å². The molecule has 0 amide bonds. The summed E-state index contributed by atoms with van der Waals surface area (Å²) in [5.41, 5.74) is -0.816. The van der Waals surface area contributed by atoms with Gasteiger partial charge in [-0.05, 0) is 35.9 Å². The Kier molecular flexibility index (Phi) is 8.08. The number of anilines is 3. The fourth-order valence-corrected chi connectivity index (χ4v) is 8.26. The number of rotatable bonds is 8. The topological polar surface area (TPSA) is 323 Å². The zero-order chi connectivity index (χ0) is 37.6. The Balaban J connectivity index is 1.77. The molecule has 0 saturated heterocycles. The molecule has 0 bridgehead atoms. The first kappa shape index (κ1) is 35.5. The summed E-state index contributed by atoms with van der Waals surface area (Å²) in [6.45, 7) is 0. The second-order valence-corrected chi connectivity index (χ2v) is 16.5. The number of nitrogen functional groups attached to an aromatic ring is 1. The standard InChI is InChI=1S/C29H19N3O15S4/c30-16-9-17(20(50(42,43)44)11-19(16)49(39,40)41)31-18-10-21(51(45,46)47)26-24-22(14-6-1-2-7-15(14)28(34)23(18)24)25(29(35)32-26)27(33)12-4-3-5-13(8-12)48(36,37)38/h1-11,31H,30H2,(H,32,35)(H,36,37,38)(H,39,40,41)(H,42,43,44)(H,45,46,47). The molecule has 22 heteroatoms. The Hall–Kier alpha value is -5.33. The maximum atomic E-state index is 14.2. The van der Waals surface area contributed by atoms with Crippen LogP contribution in [0.1, 0.15) is 31.8 Å². The van der Waals surface area contributed by atoms with Crippen LogP contribution in [-0.2, 0) is 40.5 Å². The molecule has 1 heterocycles. The zero-order valence-electron chi connectivity index (χ0n) is 24.8. The van der Waals surface area contributed by atoms with Crippen LogP contribution in [-0.4, -0.2) is 68.4 Å². The average Bonchev–Trinajstić information content (AvgIpc) is 3.01. The molecule has 264 valence electrons. The third kappa shape index (κ3) is 6.08. The zero-order valence-corrected chi connectivity index (χ0v) is 28.1. The van der Waals surface area contributed by atoms with Gasteiger partial charge in [-0.2, -0.15) is 33.7 Å². The smallest absolute Gasteiger partial charge is 0.296 e. The SMILES string of the molecule is Nc1cc(Nc2cc(S(=O)(=O)O)c3[nH]c(=O)c(C(=O)c4cccc(S(=O)(=O)O)c4)c4c3c2C(=O)c2ccccc2-4)c(S(=O)(=O)O)cc1S(=O)(=O)O. The number of aromatic amines is 1. The molecule has 0 spiro atoms. The van der Waals surface area contributed by atoms with E-state index in [-0.39, 0.29) is 22.8 Å². The lowest BCUT2D eigenvalue weighted by atomic mass is 9.80. The van der Waals surface area contributed by atoms with E-state index in [4.69, 9.17) is 5.73 Å². The van der Waals surface area contributed by atoms with Crippen LogP contribution in [0, 0.1) is 0 Å². The fraction of sp³-hybridized carbons (Fsp3) is 0. The van der Waals surface area contributed by atoms with E-state index in [1.54, 1.807) is 0 Å². The van der Waals surface area contributed by atoms with Crippen molar-refractivity contribution in [1.29, 1.82) is 0 Å². The van der Waals surface area contributed by atoms with Crippen LogP contribution in [0.5, 0.6) is 0 Å². The number of H-pyrrole nitrogens is 1. The van der Waals surface area contributed by atoms with E-state index in [0.29, 0.717) is 12.1 Å². The Bertz CT molecular complexity index is 2960. The maximum Gasteiger partial charge on any atom is 0.296 e. The van der Waals surface area contributed by atoms with Crippen LogP contribution in [0.3, 0.4) is 0 Å². The average molecular weight is 778 g/mol. The number of nitrogens with two attached hydrogens (primary N) is 1. The van der Waals surface area contributed by atoms with Gasteiger partial charge in [-0.25, -0.2) is 0 Å². The van der Waals surface area contributed by atoms with Crippen LogP contribution >= 0.6 is 0 Å². The van der Waals surface area contributed by atoms with Gasteiger partial charge < -0.3 is 16.0 Å². The second kappa shape index (κ2) is 11.6. The number of benzene rings is 4. The molecule has 18 nitrogen and oxygen atoms in total. The van der Waals surface area contributed by atoms with Crippen molar-refractivity contribution in [2.75, 3.05) is 11.1 Å². The normalized spacial score (nSPS) is 13.2. The number of pyridine rings is 1. The van der Waals surface area contributed by atoms with Gasteiger partial charge in [0.1, 0.15) is 14.7 Å². The largest absolute Gasteiger partial charge is 0.398 e. The summed E-state index contributed by atoms with van der Waals surface area (Å²) >= 11 is 0. The summed E-state index contributed by atoms with van der Waals surface area (Å²) in [5, 5.41) is 1.92. The highest BCUT2D eigenvalue weighted by molar-refractivity contribution is 7.87. The van der Waals surface area contributed by atoms with E-state index in [9.17, 15) is 66.3 Å². The third-order valence-corrected chi connectivity index (χ3v) is 11.3. The molecule has 5 aromatic rings. The summed E-state index contributed by atoms with van der Waals surface area (Å²) in [6.07, 6.45) is 0. The van der Waals surface area contributed by atoms with Gasteiger partial charge in [0.05, 0.1) is 38.6 Å². The highest BCUT2D eigenvalue weighted by atomic mass is 32.2. The van der Waals surface area contributed by atoms with Crippen LogP contribution in [0.15, 0.2) is 91.1 Å². The van der Waals surface area contributed by atoms with E-state index in [2.05, 4.69) is 10.3 Å². The van der Waals surface area contributed by atoms with Crippen molar-refractivity contribution in [3.8, 4) is 11.1 Å². The van der Waals surface area contributed by atoms with Gasteiger partial charge in [-0.3, -0.25) is 32.6 Å². The van der Waals surface area contributed by atoms with Crippen molar-refractivity contribution < 1.29 is 61.5 Å². The van der Waals surface area contributed by atoms with Crippen molar-refractivity contribution in [1.82, 2.24) is 4.98 Å². The molecule has 1 aliphatic carbocycles. The summed E-state index contributed by atoms with van der Waals surface area (Å²) in [7, 11) is -20.7. The molecule has 0 atom stereocenters. The van der Waals surface area contributed by atoms with Crippen LogP contribution in [0.2, 0.25) is 0 Å². The highest BCUT2D eigenvalue weighted by Crippen LogP contribution is 2.46. The molecule has 0 saturated carbocycles. The number of carbonyl (C=O) groups excluding carboxylic acids is 2. The number of carbonyl (C=O) groups is 2. The molecule has 51 heavy (non-hydrogen) atoms. The first-order chi connectivity index (χ1) is 23.5. The van der Waals surface area contributed by atoms with Gasteiger partial charge in [0.15, 0.2) is 11.6 Å². The molecule has 0 fully saturated rings. The molecular formula is C29H19N3O15S4. The van der Waals surface area contributed by atoms with Gasteiger partial charge in [0.2, 0.25) is 0 Å². The minimum absolute atomic E-state index is 0.0980. The minimum Gasteiger partial charge on any atom is -0.398 e. The van der Waals surface area contributed by atoms with Crippen molar-refractivity contribution >= 4 is 80.0 Å². The number of fused-ring (bicyclic) bond motifs is 2. The second-order valence-electron chi connectivity index (χ2n) is 10.9. The van der Waals surface area contributed by atoms with Crippen molar-refractivity contribution in [3.05, 3.63) is 99.3 Å². The maximum absolute atomic E-state index is 14.2. The monoisotopic (exact) mass is 777 g/mol. The van der Waals surface area contributed by atoms with Gasteiger partial charge in [0.25, 0.3) is 46.0 Å². The fourth-order valence-electron chi connectivity index (χ4n) is 5.70. The lowest BCUT2D eigenvalue weighted by molar-refractivity contribution is 0.102. The van der Waals surface area contributed by atoms with E-state index < -0.39 is 122 Å². The van der Waals surface area contributed by atoms with Gasteiger partial charge >= 0.3 is 0 Å². The third-order valence-electron chi connectivity index (χ3n) is 7.76. The molecule has 1 aliphatic rings. The Labute approximate surface area is 286 Å². The first-order valence-electron chi connectivity index (χ1n) is 13.7. The summed E-state index contributed by atoms with van der Waals surface area (Å²) in [5.74, 6) is -2.08. The number of hydrogen-bond acceptors (Lipinski definition) is 13. The first-order valence-corrected chi connectivity index (χ1v) is 19.4. The quantitative estimate of drug-likeness (QED) is 0.0662. The molecule has 0 aliphatic heterocycles. The predicted octanol–water partition coefficient (Wildman–Crippen LogP) is 2.28. The van der Waals surface area contributed by atoms with Crippen LogP contribution < -0.4 is 16.6 Å². The van der Waals surface area contributed by atoms with Crippen molar-refractivity contribution in [2.24, 2.45) is 0 Å². The summed E-state index contributed by atoms with van der Waals surface area (Å²) < 4.78 is 137.